The first kappa shape index (κ1) is 27.9. The van der Waals surface area contributed by atoms with Gasteiger partial charge in [-0.05, 0) is 56.6 Å². The number of allylic oxidation sites excluding steroid dienone is 2. The average Bonchev–Trinajstić information content (AvgIpc) is 2.77. The predicted molar refractivity (Wildman–Crippen MR) is 135 cm³/mol. The van der Waals surface area contributed by atoms with Crippen LogP contribution in [-0.4, -0.2) is 43.1 Å². The summed E-state index contributed by atoms with van der Waals surface area (Å²) in [6.07, 6.45) is 0.947. The second kappa shape index (κ2) is 14.8. The fourth-order valence-electron chi connectivity index (χ4n) is 3.18. The smallest absolute Gasteiger partial charge is 0.341 e. The monoisotopic (exact) mass is 451 g/mol. The second-order valence-electron chi connectivity index (χ2n) is 7.82. The van der Waals surface area contributed by atoms with E-state index in [0.717, 1.165) is 25.1 Å². The van der Waals surface area contributed by atoms with Crippen molar-refractivity contribution in [2.24, 2.45) is 0 Å². The van der Waals surface area contributed by atoms with Gasteiger partial charge in [0, 0.05) is 13.5 Å². The lowest BCUT2D eigenvalue weighted by molar-refractivity contribution is -0.131. The summed E-state index contributed by atoms with van der Waals surface area (Å²) < 4.78 is 10.2. The van der Waals surface area contributed by atoms with E-state index >= 15 is 0 Å². The molecule has 178 valence electrons. The number of esters is 2. The SMILES string of the molecule is C=C(C)Cc1ccccc1C(=C)C.CCN(CC)CCOC(=O)c1ccccc1OC(C)=O. The zero-order valence-electron chi connectivity index (χ0n) is 20.6. The quantitative estimate of drug-likeness (QED) is 0.254. The van der Waals surface area contributed by atoms with Crippen molar-refractivity contribution in [1.82, 2.24) is 4.90 Å². The molecule has 0 N–H and O–H groups in total. The second-order valence-corrected chi connectivity index (χ2v) is 7.82. The Labute approximate surface area is 198 Å². The number of likely N-dealkylation sites (N-methyl/N-ethyl adjacent to an activating group) is 1. The highest BCUT2D eigenvalue weighted by molar-refractivity contribution is 5.93. The van der Waals surface area contributed by atoms with Crippen molar-refractivity contribution in [2.75, 3.05) is 26.2 Å². The molecule has 2 aromatic rings. The molecule has 0 fully saturated rings. The Kier molecular flexibility index (Phi) is 12.5. The number of nitrogens with zero attached hydrogens (tertiary/aromatic N) is 1. The summed E-state index contributed by atoms with van der Waals surface area (Å²) in [6.45, 7) is 20.2. The summed E-state index contributed by atoms with van der Waals surface area (Å²) >= 11 is 0. The molecule has 0 amide bonds. The van der Waals surface area contributed by atoms with E-state index in [0.29, 0.717) is 13.2 Å². The van der Waals surface area contributed by atoms with Crippen LogP contribution in [0.2, 0.25) is 0 Å². The molecule has 0 aliphatic heterocycles. The molecule has 2 rings (SSSR count). The van der Waals surface area contributed by atoms with Crippen molar-refractivity contribution < 1.29 is 19.1 Å². The summed E-state index contributed by atoms with van der Waals surface area (Å²) in [5.74, 6) is -0.713. The van der Waals surface area contributed by atoms with Crippen molar-refractivity contribution in [3.63, 3.8) is 0 Å². The van der Waals surface area contributed by atoms with Gasteiger partial charge in [-0.25, -0.2) is 4.79 Å². The molecule has 0 spiro atoms. The maximum atomic E-state index is 12.0. The van der Waals surface area contributed by atoms with Crippen LogP contribution in [0.15, 0.2) is 67.3 Å². The topological polar surface area (TPSA) is 55.8 Å². The molecule has 0 bridgehead atoms. The fourth-order valence-corrected chi connectivity index (χ4v) is 3.18. The Hall–Kier alpha value is -3.18. The number of hydrogen-bond acceptors (Lipinski definition) is 5. The standard InChI is InChI=1S/C15H21NO4.C13H16/c1-4-16(5-2)10-11-19-15(18)13-8-6-7-9-14(13)20-12(3)17;1-10(2)9-12-7-5-6-8-13(12)11(3)4/h6-9H,4-5,10-11H2,1-3H3;5-8H,1,3,9H2,2,4H3. The van der Waals surface area contributed by atoms with Crippen LogP contribution >= 0.6 is 0 Å². The van der Waals surface area contributed by atoms with Crippen molar-refractivity contribution in [1.29, 1.82) is 0 Å². The van der Waals surface area contributed by atoms with Crippen molar-refractivity contribution in [2.45, 2.75) is 41.0 Å². The first-order valence-electron chi connectivity index (χ1n) is 11.2. The molecule has 33 heavy (non-hydrogen) atoms. The van der Waals surface area contributed by atoms with Gasteiger partial charge in [0.1, 0.15) is 17.9 Å². The van der Waals surface area contributed by atoms with Gasteiger partial charge >= 0.3 is 11.9 Å². The van der Waals surface area contributed by atoms with Gasteiger partial charge in [0.15, 0.2) is 0 Å². The summed E-state index contributed by atoms with van der Waals surface area (Å²) in [5.41, 5.74) is 5.15. The van der Waals surface area contributed by atoms with Crippen LogP contribution in [0.4, 0.5) is 0 Å². The lowest BCUT2D eigenvalue weighted by Gasteiger charge is -2.17. The molecule has 0 unspecified atom stereocenters. The molecule has 0 radical (unpaired) electrons. The van der Waals surface area contributed by atoms with E-state index in [9.17, 15) is 9.59 Å². The summed E-state index contributed by atoms with van der Waals surface area (Å²) in [4.78, 5) is 25.1. The van der Waals surface area contributed by atoms with E-state index in [1.165, 1.54) is 23.6 Å². The minimum atomic E-state index is -0.478. The number of carbonyl (C=O) groups excluding carboxylic acids is 2. The number of carbonyl (C=O) groups is 2. The van der Waals surface area contributed by atoms with Gasteiger partial charge in [0.2, 0.25) is 0 Å². The summed E-state index contributed by atoms with van der Waals surface area (Å²) in [6, 6.07) is 14.9. The normalized spacial score (nSPS) is 10.1. The van der Waals surface area contributed by atoms with Gasteiger partial charge in [-0.2, -0.15) is 0 Å². The third-order valence-corrected chi connectivity index (χ3v) is 4.87. The van der Waals surface area contributed by atoms with Crippen LogP contribution in [-0.2, 0) is 16.0 Å². The van der Waals surface area contributed by atoms with Crippen LogP contribution in [0.1, 0.15) is 56.1 Å². The molecule has 0 atom stereocenters. The van der Waals surface area contributed by atoms with Crippen LogP contribution in [0.25, 0.3) is 5.57 Å². The van der Waals surface area contributed by atoms with E-state index in [-0.39, 0.29) is 11.3 Å². The fraction of sp³-hybridized carbons (Fsp3) is 0.357. The minimum Gasteiger partial charge on any atom is -0.461 e. The predicted octanol–water partition coefficient (Wildman–Crippen LogP) is 5.95. The van der Waals surface area contributed by atoms with Crippen LogP contribution in [0, 0.1) is 0 Å². The van der Waals surface area contributed by atoms with Crippen LogP contribution in [0.3, 0.4) is 0 Å². The highest BCUT2D eigenvalue weighted by Gasteiger charge is 2.15. The molecule has 5 nitrogen and oxygen atoms in total. The van der Waals surface area contributed by atoms with Crippen LogP contribution in [0.5, 0.6) is 5.75 Å². The molecule has 5 heteroatoms. The van der Waals surface area contributed by atoms with Gasteiger partial charge < -0.3 is 14.4 Å². The van der Waals surface area contributed by atoms with Gasteiger partial charge in [-0.3, -0.25) is 4.79 Å². The molecule has 0 saturated heterocycles. The number of benzene rings is 2. The highest BCUT2D eigenvalue weighted by Crippen LogP contribution is 2.20. The first-order chi connectivity index (χ1) is 15.7. The van der Waals surface area contributed by atoms with E-state index in [2.05, 4.69) is 57.0 Å². The number of para-hydroxylation sites is 1. The first-order valence-corrected chi connectivity index (χ1v) is 11.2. The molecular formula is C28H37NO4. The number of hydrogen-bond donors (Lipinski definition) is 0. The Bertz CT molecular complexity index is 944. The van der Waals surface area contributed by atoms with E-state index in [4.69, 9.17) is 9.47 Å². The minimum absolute atomic E-state index is 0.229. The largest absolute Gasteiger partial charge is 0.461 e. The average molecular weight is 452 g/mol. The summed E-state index contributed by atoms with van der Waals surface area (Å²) in [7, 11) is 0. The van der Waals surface area contributed by atoms with Gasteiger partial charge in [0.05, 0.1) is 0 Å². The Balaban J connectivity index is 0.000000361. The maximum absolute atomic E-state index is 12.0. The Morgan fingerprint density at radius 2 is 1.45 bits per heavy atom. The highest BCUT2D eigenvalue weighted by atomic mass is 16.5. The Morgan fingerprint density at radius 3 is 2.00 bits per heavy atom. The third kappa shape index (κ3) is 10.3. The van der Waals surface area contributed by atoms with Crippen molar-refractivity contribution >= 4 is 17.5 Å². The van der Waals surface area contributed by atoms with Crippen LogP contribution < -0.4 is 4.74 Å². The van der Waals surface area contributed by atoms with Gasteiger partial charge in [-0.1, -0.05) is 74.5 Å². The molecule has 0 aliphatic rings. The lowest BCUT2D eigenvalue weighted by atomic mass is 9.97. The van der Waals surface area contributed by atoms with Gasteiger partial charge in [0.25, 0.3) is 0 Å². The molecular weight excluding hydrogens is 414 g/mol. The Morgan fingerprint density at radius 1 is 0.879 bits per heavy atom. The third-order valence-electron chi connectivity index (χ3n) is 4.87. The lowest BCUT2D eigenvalue weighted by Crippen LogP contribution is -2.28. The molecule has 0 aliphatic carbocycles. The number of rotatable bonds is 10. The maximum Gasteiger partial charge on any atom is 0.341 e. The van der Waals surface area contributed by atoms with E-state index < -0.39 is 11.9 Å². The summed E-state index contributed by atoms with van der Waals surface area (Å²) in [5, 5.41) is 0. The van der Waals surface area contributed by atoms with Crippen molar-refractivity contribution in [3.8, 4) is 5.75 Å². The zero-order valence-corrected chi connectivity index (χ0v) is 20.6. The van der Waals surface area contributed by atoms with E-state index in [1.54, 1.807) is 24.3 Å². The molecule has 2 aromatic carbocycles. The zero-order chi connectivity index (χ0) is 24.8. The van der Waals surface area contributed by atoms with Gasteiger partial charge in [-0.15, -0.1) is 0 Å². The van der Waals surface area contributed by atoms with E-state index in [1.807, 2.05) is 13.0 Å². The van der Waals surface area contributed by atoms with Crippen molar-refractivity contribution in [3.05, 3.63) is 84.0 Å². The number of ether oxygens (including phenoxy) is 2. The molecule has 0 aromatic heterocycles. The molecule has 0 heterocycles. The molecule has 0 saturated carbocycles.